The Kier molecular flexibility index (Phi) is 6.42. The van der Waals surface area contributed by atoms with Crippen LogP contribution >= 0.6 is 0 Å². The van der Waals surface area contributed by atoms with Gasteiger partial charge in [-0.3, -0.25) is 9.38 Å². The lowest BCUT2D eigenvalue weighted by Crippen LogP contribution is -2.42. The number of ether oxygens (including phenoxy) is 2. The van der Waals surface area contributed by atoms with Crippen LogP contribution in [0, 0.1) is 5.92 Å². The molecule has 1 aliphatic rings. The second-order valence-corrected chi connectivity index (χ2v) is 9.44. The van der Waals surface area contributed by atoms with Crippen molar-refractivity contribution in [3.63, 3.8) is 0 Å². The Hall–Kier alpha value is -3.30. The van der Waals surface area contributed by atoms with Crippen LogP contribution < -0.4 is 4.74 Å². The van der Waals surface area contributed by atoms with Crippen LogP contribution in [0.4, 0.5) is 18.0 Å². The summed E-state index contributed by atoms with van der Waals surface area (Å²) in [6.07, 6.45) is 2.50. The number of carbonyl (C=O) groups is 1. The molecular weight excluding hydrogens is 449 g/mol. The Labute approximate surface area is 195 Å². The molecule has 34 heavy (non-hydrogen) atoms. The lowest BCUT2D eigenvalue weighted by atomic mass is 9.92. The van der Waals surface area contributed by atoms with Gasteiger partial charge in [0.05, 0.1) is 23.8 Å². The maximum atomic E-state index is 12.6. The number of hydrogen-bond acceptors (Lipinski definition) is 5. The van der Waals surface area contributed by atoms with E-state index in [1.807, 2.05) is 31.4 Å². The lowest BCUT2D eigenvalue weighted by molar-refractivity contribution is -0.274. The first-order chi connectivity index (χ1) is 16.0. The molecule has 3 aromatic rings. The summed E-state index contributed by atoms with van der Waals surface area (Å²) in [6, 6.07) is 5.82. The number of rotatable bonds is 4. The van der Waals surface area contributed by atoms with Gasteiger partial charge in [-0.05, 0) is 58.1 Å². The summed E-state index contributed by atoms with van der Waals surface area (Å²) < 4.78 is 49.2. The predicted octanol–water partition coefficient (Wildman–Crippen LogP) is 5.48. The van der Waals surface area contributed by atoms with Crippen molar-refractivity contribution in [3.05, 3.63) is 48.5 Å². The van der Waals surface area contributed by atoms with E-state index in [-0.39, 0.29) is 11.8 Å². The molecule has 1 aromatic carbocycles. The van der Waals surface area contributed by atoms with Crippen molar-refractivity contribution in [3.8, 4) is 17.0 Å². The minimum atomic E-state index is -4.76. The Morgan fingerprint density at radius 2 is 1.85 bits per heavy atom. The van der Waals surface area contributed by atoms with Crippen molar-refractivity contribution in [1.82, 2.24) is 19.3 Å². The zero-order valence-electron chi connectivity index (χ0n) is 19.3. The molecule has 1 saturated heterocycles. The molecule has 4 rings (SSSR count). The van der Waals surface area contributed by atoms with E-state index in [1.54, 1.807) is 23.4 Å². The summed E-state index contributed by atoms with van der Waals surface area (Å²) in [6.45, 7) is 6.81. The molecule has 3 heterocycles. The van der Waals surface area contributed by atoms with Crippen LogP contribution in [-0.4, -0.2) is 50.4 Å². The van der Waals surface area contributed by atoms with Crippen molar-refractivity contribution in [2.45, 2.75) is 52.0 Å². The highest BCUT2D eigenvalue weighted by molar-refractivity contribution is 5.68. The van der Waals surface area contributed by atoms with Crippen LogP contribution in [0.5, 0.6) is 5.75 Å². The summed E-state index contributed by atoms with van der Waals surface area (Å²) in [4.78, 5) is 22.9. The van der Waals surface area contributed by atoms with Crippen LogP contribution in [0.3, 0.4) is 0 Å². The van der Waals surface area contributed by atoms with E-state index in [9.17, 15) is 18.0 Å². The van der Waals surface area contributed by atoms with Gasteiger partial charge >= 0.3 is 12.5 Å². The SMILES string of the molecule is CC(C)(C)OC(=O)N1CCC(Cc2cn3c(-c4cccc(OC(F)(F)F)c4)cnc3cn2)CC1. The van der Waals surface area contributed by atoms with Crippen LogP contribution in [0.25, 0.3) is 16.9 Å². The summed E-state index contributed by atoms with van der Waals surface area (Å²) >= 11 is 0. The maximum absolute atomic E-state index is 12.6. The van der Waals surface area contributed by atoms with Crippen LogP contribution in [0.2, 0.25) is 0 Å². The molecule has 0 aliphatic carbocycles. The molecule has 0 spiro atoms. The number of benzene rings is 1. The van der Waals surface area contributed by atoms with Crippen LogP contribution in [0.15, 0.2) is 42.9 Å². The average molecular weight is 476 g/mol. The number of halogens is 3. The molecule has 2 aromatic heterocycles. The number of hydrogen-bond donors (Lipinski definition) is 0. The third kappa shape index (κ3) is 5.98. The highest BCUT2D eigenvalue weighted by Gasteiger charge is 2.31. The lowest BCUT2D eigenvalue weighted by Gasteiger charge is -2.33. The molecule has 0 saturated carbocycles. The molecule has 182 valence electrons. The van der Waals surface area contributed by atoms with Gasteiger partial charge in [0.15, 0.2) is 5.65 Å². The van der Waals surface area contributed by atoms with E-state index >= 15 is 0 Å². The van der Waals surface area contributed by atoms with Crippen molar-refractivity contribution in [2.24, 2.45) is 5.92 Å². The number of aromatic nitrogens is 3. The number of imidazole rings is 1. The standard InChI is InChI=1S/C24H27F3N4O3/c1-23(2,3)34-22(32)30-9-7-16(8-10-30)11-18-15-31-20(13-29-21(31)14-28-18)17-5-4-6-19(12-17)33-24(25,26)27/h4-6,12-16H,7-11H2,1-3H3. The number of piperidine rings is 1. The fraction of sp³-hybridized carbons (Fsp3) is 0.458. The molecule has 1 aliphatic heterocycles. The summed E-state index contributed by atoms with van der Waals surface area (Å²) in [5, 5.41) is 0. The largest absolute Gasteiger partial charge is 0.573 e. The quantitative estimate of drug-likeness (QED) is 0.499. The Balaban J connectivity index is 1.46. The first kappa shape index (κ1) is 23.8. The number of amides is 1. The molecule has 0 N–H and O–H groups in total. The summed E-state index contributed by atoms with van der Waals surface area (Å²) in [5.74, 6) is 0.0742. The smallest absolute Gasteiger partial charge is 0.444 e. The van der Waals surface area contributed by atoms with Crippen molar-refractivity contribution in [2.75, 3.05) is 13.1 Å². The van der Waals surface area contributed by atoms with Gasteiger partial charge < -0.3 is 14.4 Å². The number of fused-ring (bicyclic) bond motifs is 1. The average Bonchev–Trinajstić information content (AvgIpc) is 3.15. The van der Waals surface area contributed by atoms with Gasteiger partial charge in [0, 0.05) is 24.8 Å². The monoisotopic (exact) mass is 476 g/mol. The van der Waals surface area contributed by atoms with Gasteiger partial charge in [0.1, 0.15) is 11.4 Å². The number of carbonyl (C=O) groups excluding carboxylic acids is 1. The van der Waals surface area contributed by atoms with E-state index in [4.69, 9.17) is 4.74 Å². The van der Waals surface area contributed by atoms with Crippen molar-refractivity contribution < 1.29 is 27.4 Å². The Morgan fingerprint density at radius 1 is 1.12 bits per heavy atom. The highest BCUT2D eigenvalue weighted by atomic mass is 19.4. The molecule has 0 bridgehead atoms. The second kappa shape index (κ2) is 9.15. The molecule has 0 radical (unpaired) electrons. The topological polar surface area (TPSA) is 69.0 Å². The van der Waals surface area contributed by atoms with E-state index in [0.717, 1.165) is 25.0 Å². The number of alkyl halides is 3. The summed E-state index contributed by atoms with van der Waals surface area (Å²) in [7, 11) is 0. The van der Waals surface area contributed by atoms with E-state index in [1.165, 1.54) is 18.2 Å². The first-order valence-corrected chi connectivity index (χ1v) is 11.1. The third-order valence-corrected chi connectivity index (χ3v) is 5.58. The van der Waals surface area contributed by atoms with E-state index < -0.39 is 12.0 Å². The van der Waals surface area contributed by atoms with Crippen molar-refractivity contribution >= 4 is 11.7 Å². The van der Waals surface area contributed by atoms with E-state index in [0.29, 0.717) is 35.9 Å². The molecule has 0 unspecified atom stereocenters. The predicted molar refractivity (Wildman–Crippen MR) is 119 cm³/mol. The van der Waals surface area contributed by atoms with Gasteiger partial charge in [0.2, 0.25) is 0 Å². The zero-order valence-corrected chi connectivity index (χ0v) is 19.3. The minimum Gasteiger partial charge on any atom is -0.444 e. The normalized spacial score (nSPS) is 15.5. The first-order valence-electron chi connectivity index (χ1n) is 11.1. The molecule has 1 fully saturated rings. The van der Waals surface area contributed by atoms with E-state index in [2.05, 4.69) is 14.7 Å². The molecule has 1 amide bonds. The Morgan fingerprint density at radius 3 is 2.53 bits per heavy atom. The third-order valence-electron chi connectivity index (χ3n) is 5.58. The van der Waals surface area contributed by atoms with Gasteiger partial charge in [-0.25, -0.2) is 9.78 Å². The van der Waals surface area contributed by atoms with Gasteiger partial charge in [-0.2, -0.15) is 0 Å². The number of likely N-dealkylation sites (tertiary alicyclic amines) is 1. The Bertz CT molecular complexity index is 1160. The van der Waals surface area contributed by atoms with Gasteiger partial charge in [-0.1, -0.05) is 12.1 Å². The molecule has 10 heteroatoms. The number of nitrogens with zero attached hydrogens (tertiary/aromatic N) is 4. The minimum absolute atomic E-state index is 0.286. The molecular formula is C24H27F3N4O3. The summed E-state index contributed by atoms with van der Waals surface area (Å²) in [5.41, 5.74) is 2.13. The second-order valence-electron chi connectivity index (χ2n) is 9.44. The van der Waals surface area contributed by atoms with Gasteiger partial charge in [-0.15, -0.1) is 13.2 Å². The molecule has 0 atom stereocenters. The fourth-order valence-electron chi connectivity index (χ4n) is 4.04. The van der Waals surface area contributed by atoms with Crippen LogP contribution in [-0.2, 0) is 11.2 Å². The van der Waals surface area contributed by atoms with Crippen LogP contribution in [0.1, 0.15) is 39.3 Å². The highest BCUT2D eigenvalue weighted by Crippen LogP contribution is 2.29. The molecule has 7 nitrogen and oxygen atoms in total. The zero-order chi connectivity index (χ0) is 24.5. The van der Waals surface area contributed by atoms with Crippen molar-refractivity contribution in [1.29, 1.82) is 0 Å². The fourth-order valence-corrected chi connectivity index (χ4v) is 4.04. The van der Waals surface area contributed by atoms with Gasteiger partial charge in [0.25, 0.3) is 0 Å². The maximum Gasteiger partial charge on any atom is 0.573 e.